The van der Waals surface area contributed by atoms with Crippen molar-refractivity contribution in [2.24, 2.45) is 0 Å². The standard InChI is InChI=1S/C15H21F2N3O4S/c16-13-2-1-12(11-14(13)17)25(22,23)19-4-3-15(21)18-5-6-20-7-9-24-10-8-20/h1-2,11,19H,3-10H2,(H,18,21)/p+1. The first kappa shape index (κ1) is 19.7. The predicted octanol–water partition coefficient (Wildman–Crippen LogP) is -1.34. The van der Waals surface area contributed by atoms with Crippen molar-refractivity contribution >= 4 is 15.9 Å². The van der Waals surface area contributed by atoms with Gasteiger partial charge in [0.05, 0.1) is 31.2 Å². The van der Waals surface area contributed by atoms with Crippen LogP contribution in [0.1, 0.15) is 6.42 Å². The Hall–Kier alpha value is -1.62. The molecule has 1 aliphatic rings. The van der Waals surface area contributed by atoms with E-state index in [4.69, 9.17) is 4.74 Å². The molecule has 0 aromatic heterocycles. The van der Waals surface area contributed by atoms with E-state index in [1.54, 1.807) is 0 Å². The summed E-state index contributed by atoms with van der Waals surface area (Å²) in [6.07, 6.45) is -0.0403. The van der Waals surface area contributed by atoms with Crippen LogP contribution in [-0.4, -0.2) is 60.3 Å². The minimum absolute atomic E-state index is 0.0403. The van der Waals surface area contributed by atoms with E-state index >= 15 is 0 Å². The van der Waals surface area contributed by atoms with Crippen LogP contribution in [0.3, 0.4) is 0 Å². The molecular formula is C15H22F2N3O4S+. The van der Waals surface area contributed by atoms with Crippen molar-refractivity contribution in [3.63, 3.8) is 0 Å². The lowest BCUT2D eigenvalue weighted by atomic mass is 10.3. The number of hydrogen-bond acceptors (Lipinski definition) is 4. The molecule has 0 aliphatic carbocycles. The summed E-state index contributed by atoms with van der Waals surface area (Å²) in [5.41, 5.74) is 0. The number of sulfonamides is 1. The number of ether oxygens (including phenoxy) is 1. The summed E-state index contributed by atoms with van der Waals surface area (Å²) in [5.74, 6) is -2.65. The second-order valence-electron chi connectivity index (χ2n) is 5.69. The van der Waals surface area contributed by atoms with Gasteiger partial charge in [-0.15, -0.1) is 0 Å². The van der Waals surface area contributed by atoms with Crippen molar-refractivity contribution in [2.45, 2.75) is 11.3 Å². The molecule has 7 nitrogen and oxygen atoms in total. The molecule has 10 heteroatoms. The molecule has 1 aromatic carbocycles. The fraction of sp³-hybridized carbons (Fsp3) is 0.533. The number of nitrogens with one attached hydrogen (secondary N) is 3. The molecule has 1 aliphatic heterocycles. The molecule has 2 rings (SSSR count). The van der Waals surface area contributed by atoms with Crippen LogP contribution < -0.4 is 14.9 Å². The number of carbonyl (C=O) groups is 1. The summed E-state index contributed by atoms with van der Waals surface area (Å²) in [6, 6.07) is 2.30. The molecule has 140 valence electrons. The third kappa shape index (κ3) is 6.31. The number of rotatable bonds is 8. The molecule has 3 N–H and O–H groups in total. The van der Waals surface area contributed by atoms with E-state index in [0.29, 0.717) is 12.6 Å². The lowest BCUT2D eigenvalue weighted by Crippen LogP contribution is -3.14. The zero-order valence-corrected chi connectivity index (χ0v) is 14.5. The number of halogens is 2. The number of carbonyl (C=O) groups excluding carboxylic acids is 1. The number of benzene rings is 1. The molecule has 1 saturated heterocycles. The maximum Gasteiger partial charge on any atom is 0.240 e. The van der Waals surface area contributed by atoms with Gasteiger partial charge in [0, 0.05) is 13.0 Å². The molecule has 0 atom stereocenters. The quantitative estimate of drug-likeness (QED) is 0.523. The van der Waals surface area contributed by atoms with Gasteiger partial charge in [0.15, 0.2) is 11.6 Å². The average molecular weight is 378 g/mol. The second-order valence-corrected chi connectivity index (χ2v) is 7.45. The van der Waals surface area contributed by atoms with Gasteiger partial charge in [0.1, 0.15) is 13.1 Å². The van der Waals surface area contributed by atoms with E-state index in [1.165, 1.54) is 4.90 Å². The monoisotopic (exact) mass is 378 g/mol. The van der Waals surface area contributed by atoms with Crippen LogP contribution in [0.15, 0.2) is 23.1 Å². The highest BCUT2D eigenvalue weighted by Crippen LogP contribution is 2.13. The summed E-state index contributed by atoms with van der Waals surface area (Å²) >= 11 is 0. The van der Waals surface area contributed by atoms with E-state index in [9.17, 15) is 22.0 Å². The first-order valence-corrected chi connectivity index (χ1v) is 9.49. The smallest absolute Gasteiger partial charge is 0.240 e. The highest BCUT2D eigenvalue weighted by atomic mass is 32.2. The Labute approximate surface area is 145 Å². The van der Waals surface area contributed by atoms with E-state index in [-0.39, 0.29) is 23.8 Å². The van der Waals surface area contributed by atoms with E-state index in [1.807, 2.05) is 0 Å². The molecule has 0 radical (unpaired) electrons. The molecule has 1 fully saturated rings. The van der Waals surface area contributed by atoms with E-state index in [0.717, 1.165) is 45.0 Å². The average Bonchev–Trinajstić information content (AvgIpc) is 2.58. The molecule has 0 bridgehead atoms. The predicted molar refractivity (Wildman–Crippen MR) is 85.6 cm³/mol. The third-order valence-corrected chi connectivity index (χ3v) is 5.30. The zero-order chi connectivity index (χ0) is 18.3. The second kappa shape index (κ2) is 9.18. The highest BCUT2D eigenvalue weighted by Gasteiger charge is 2.17. The number of morpholine rings is 1. The van der Waals surface area contributed by atoms with Gasteiger partial charge in [-0.3, -0.25) is 4.79 Å². The van der Waals surface area contributed by atoms with Crippen molar-refractivity contribution in [1.82, 2.24) is 10.0 Å². The van der Waals surface area contributed by atoms with Crippen molar-refractivity contribution < 1.29 is 31.6 Å². The minimum Gasteiger partial charge on any atom is -0.370 e. The summed E-state index contributed by atoms with van der Waals surface area (Å²) in [6.45, 7) is 4.41. The molecule has 1 heterocycles. The van der Waals surface area contributed by atoms with Crippen LogP contribution in [-0.2, 0) is 19.6 Å². The molecule has 1 amide bonds. The molecule has 25 heavy (non-hydrogen) atoms. The van der Waals surface area contributed by atoms with Gasteiger partial charge >= 0.3 is 0 Å². The Balaban J connectivity index is 1.69. The van der Waals surface area contributed by atoms with Crippen LogP contribution in [0.5, 0.6) is 0 Å². The van der Waals surface area contributed by atoms with Crippen molar-refractivity contribution in [1.29, 1.82) is 0 Å². The lowest BCUT2D eigenvalue weighted by molar-refractivity contribution is -0.906. The number of hydrogen-bond donors (Lipinski definition) is 3. The van der Waals surface area contributed by atoms with Crippen LogP contribution in [0.2, 0.25) is 0 Å². The van der Waals surface area contributed by atoms with Crippen LogP contribution >= 0.6 is 0 Å². The topological polar surface area (TPSA) is 88.9 Å². The van der Waals surface area contributed by atoms with Gasteiger partial charge in [-0.05, 0) is 18.2 Å². The zero-order valence-electron chi connectivity index (χ0n) is 13.7. The lowest BCUT2D eigenvalue weighted by Gasteiger charge is -2.23. The van der Waals surface area contributed by atoms with Gasteiger partial charge in [-0.25, -0.2) is 21.9 Å². The summed E-state index contributed by atoms with van der Waals surface area (Å²) in [5, 5.41) is 2.73. The number of amides is 1. The Bertz CT molecular complexity index is 694. The van der Waals surface area contributed by atoms with Crippen LogP contribution in [0.4, 0.5) is 8.78 Å². The van der Waals surface area contributed by atoms with Crippen LogP contribution in [0.25, 0.3) is 0 Å². The molecule has 0 unspecified atom stereocenters. The normalized spacial score (nSPS) is 15.9. The minimum atomic E-state index is -3.99. The summed E-state index contributed by atoms with van der Waals surface area (Å²) in [4.78, 5) is 12.7. The van der Waals surface area contributed by atoms with Gasteiger partial charge in [-0.2, -0.15) is 0 Å². The largest absolute Gasteiger partial charge is 0.370 e. The number of quaternary nitrogens is 1. The summed E-state index contributed by atoms with van der Waals surface area (Å²) < 4.78 is 57.3. The molecule has 0 spiro atoms. The van der Waals surface area contributed by atoms with Gasteiger partial charge in [-0.1, -0.05) is 0 Å². The van der Waals surface area contributed by atoms with Crippen molar-refractivity contribution in [3.8, 4) is 0 Å². The van der Waals surface area contributed by atoms with Gasteiger partial charge in [0.2, 0.25) is 15.9 Å². The first-order chi connectivity index (χ1) is 11.9. The Kier molecular flexibility index (Phi) is 7.24. The Morgan fingerprint density at radius 3 is 2.56 bits per heavy atom. The van der Waals surface area contributed by atoms with E-state index < -0.39 is 21.7 Å². The maximum absolute atomic E-state index is 13.1. The third-order valence-electron chi connectivity index (χ3n) is 3.85. The highest BCUT2D eigenvalue weighted by molar-refractivity contribution is 7.89. The SMILES string of the molecule is O=C(CCNS(=O)(=O)c1ccc(F)c(F)c1)NCC[NH+]1CCOCC1. The van der Waals surface area contributed by atoms with Gasteiger partial charge in [0.25, 0.3) is 0 Å². The Morgan fingerprint density at radius 1 is 1.16 bits per heavy atom. The molecule has 1 aromatic rings. The maximum atomic E-state index is 13.1. The molecule has 0 saturated carbocycles. The first-order valence-electron chi connectivity index (χ1n) is 8.01. The summed E-state index contributed by atoms with van der Waals surface area (Å²) in [7, 11) is -3.99. The van der Waals surface area contributed by atoms with Crippen molar-refractivity contribution in [3.05, 3.63) is 29.8 Å². The fourth-order valence-corrected chi connectivity index (χ4v) is 3.45. The van der Waals surface area contributed by atoms with Crippen molar-refractivity contribution in [2.75, 3.05) is 45.9 Å². The van der Waals surface area contributed by atoms with Gasteiger partial charge < -0.3 is 15.0 Å². The fourth-order valence-electron chi connectivity index (χ4n) is 2.40. The van der Waals surface area contributed by atoms with Crippen LogP contribution in [0, 0.1) is 11.6 Å². The molecular weight excluding hydrogens is 356 g/mol. The Morgan fingerprint density at radius 2 is 1.88 bits per heavy atom. The van der Waals surface area contributed by atoms with E-state index in [2.05, 4.69) is 10.0 Å².